The molecule has 0 saturated carbocycles. The van der Waals surface area contributed by atoms with Gasteiger partial charge in [-0.15, -0.1) is 0 Å². The van der Waals surface area contributed by atoms with Crippen molar-refractivity contribution >= 4 is 15.9 Å². The number of methoxy groups -OCH3 is 1. The summed E-state index contributed by atoms with van der Waals surface area (Å²) in [5.41, 5.74) is 0.271. The van der Waals surface area contributed by atoms with Gasteiger partial charge in [-0.3, -0.25) is 4.79 Å². The first-order chi connectivity index (χ1) is 13.0. The van der Waals surface area contributed by atoms with Crippen LogP contribution in [0.15, 0.2) is 23.1 Å². The second kappa shape index (κ2) is 8.55. The van der Waals surface area contributed by atoms with Gasteiger partial charge in [0.25, 0.3) is 5.91 Å². The Balaban J connectivity index is 1.86. The lowest BCUT2D eigenvalue weighted by atomic mass is 10.1. The van der Waals surface area contributed by atoms with Crippen molar-refractivity contribution in [3.63, 3.8) is 0 Å². The zero-order valence-electron chi connectivity index (χ0n) is 15.9. The number of carbonyl (C=O) groups excluding carboxylic acids is 1. The first kappa shape index (κ1) is 20.1. The molecular weight excluding hydrogens is 370 g/mol. The van der Waals surface area contributed by atoms with Crippen LogP contribution in [0.4, 0.5) is 0 Å². The number of likely N-dealkylation sites (N-methyl/N-ethyl adjacent to an activating group) is 1. The second-order valence-corrected chi connectivity index (χ2v) is 8.54. The van der Waals surface area contributed by atoms with E-state index >= 15 is 0 Å². The van der Waals surface area contributed by atoms with Crippen LogP contribution in [0.5, 0.6) is 5.75 Å². The Morgan fingerprint density at radius 1 is 1.11 bits per heavy atom. The van der Waals surface area contributed by atoms with Gasteiger partial charge in [0.05, 0.1) is 30.8 Å². The van der Waals surface area contributed by atoms with Gasteiger partial charge in [0.1, 0.15) is 5.75 Å². The Labute approximate surface area is 160 Å². The van der Waals surface area contributed by atoms with Crippen molar-refractivity contribution in [1.29, 1.82) is 0 Å². The number of hydrogen-bond donors (Lipinski definition) is 0. The fraction of sp³-hybridized carbons (Fsp3) is 0.611. The molecule has 2 saturated heterocycles. The summed E-state index contributed by atoms with van der Waals surface area (Å²) in [5, 5.41) is 0. The highest BCUT2D eigenvalue weighted by molar-refractivity contribution is 7.89. The molecule has 1 aromatic rings. The number of morpholine rings is 1. The first-order valence-electron chi connectivity index (χ1n) is 9.25. The summed E-state index contributed by atoms with van der Waals surface area (Å²) < 4.78 is 38.2. The molecule has 2 fully saturated rings. The lowest BCUT2D eigenvalue weighted by Gasteiger charge is -2.33. The Bertz CT molecular complexity index is 769. The van der Waals surface area contributed by atoms with E-state index in [4.69, 9.17) is 9.47 Å². The summed E-state index contributed by atoms with van der Waals surface area (Å²) in [5.74, 6) is 0.143. The number of hydrogen-bond acceptors (Lipinski definition) is 6. The molecule has 150 valence electrons. The zero-order valence-corrected chi connectivity index (χ0v) is 16.7. The number of piperazine rings is 1. The predicted octanol–water partition coefficient (Wildman–Crippen LogP) is 0.494. The Morgan fingerprint density at radius 3 is 2.37 bits per heavy atom. The molecular formula is C18H27N3O5S. The van der Waals surface area contributed by atoms with E-state index in [9.17, 15) is 13.2 Å². The summed E-state index contributed by atoms with van der Waals surface area (Å²) in [6.45, 7) is 7.24. The normalized spacial score (nSPS) is 19.9. The van der Waals surface area contributed by atoms with Crippen LogP contribution in [0.2, 0.25) is 0 Å². The van der Waals surface area contributed by atoms with Crippen LogP contribution in [0.25, 0.3) is 0 Å². The molecule has 2 heterocycles. The fourth-order valence-electron chi connectivity index (χ4n) is 3.39. The molecule has 1 amide bonds. The average Bonchev–Trinajstić information content (AvgIpc) is 2.73. The van der Waals surface area contributed by atoms with E-state index in [1.165, 1.54) is 23.5 Å². The van der Waals surface area contributed by atoms with Gasteiger partial charge in [0.15, 0.2) is 0 Å². The van der Waals surface area contributed by atoms with Crippen molar-refractivity contribution in [2.45, 2.75) is 11.8 Å². The van der Waals surface area contributed by atoms with Gasteiger partial charge in [0, 0.05) is 39.3 Å². The van der Waals surface area contributed by atoms with E-state index in [0.29, 0.717) is 58.2 Å². The Morgan fingerprint density at radius 2 is 1.78 bits per heavy atom. The first-order valence-corrected chi connectivity index (χ1v) is 10.7. The van der Waals surface area contributed by atoms with E-state index in [1.54, 1.807) is 11.0 Å². The summed E-state index contributed by atoms with van der Waals surface area (Å²) in [4.78, 5) is 16.9. The van der Waals surface area contributed by atoms with Crippen LogP contribution < -0.4 is 4.74 Å². The van der Waals surface area contributed by atoms with Gasteiger partial charge in [0.2, 0.25) is 10.0 Å². The van der Waals surface area contributed by atoms with Crippen LogP contribution >= 0.6 is 0 Å². The maximum atomic E-state index is 13.1. The van der Waals surface area contributed by atoms with Crippen molar-refractivity contribution < 1.29 is 22.7 Å². The molecule has 0 bridgehead atoms. The largest absolute Gasteiger partial charge is 0.496 e. The average molecular weight is 397 g/mol. The third kappa shape index (κ3) is 4.26. The summed E-state index contributed by atoms with van der Waals surface area (Å²) in [6.07, 6.45) is 0. The minimum absolute atomic E-state index is 0.129. The number of nitrogens with zero attached hydrogens (tertiary/aromatic N) is 3. The summed E-state index contributed by atoms with van der Waals surface area (Å²) >= 11 is 0. The molecule has 0 N–H and O–H groups in total. The third-order valence-corrected chi connectivity index (χ3v) is 7.01. The Kier molecular flexibility index (Phi) is 6.36. The van der Waals surface area contributed by atoms with Crippen molar-refractivity contribution in [3.05, 3.63) is 23.8 Å². The zero-order chi connectivity index (χ0) is 19.4. The highest BCUT2D eigenvalue weighted by Crippen LogP contribution is 2.26. The maximum Gasteiger partial charge on any atom is 0.257 e. The maximum absolute atomic E-state index is 13.1. The molecule has 2 aliphatic heterocycles. The number of rotatable bonds is 5. The van der Waals surface area contributed by atoms with Crippen LogP contribution in [-0.4, -0.2) is 94.6 Å². The van der Waals surface area contributed by atoms with Gasteiger partial charge in [-0.05, 0) is 24.7 Å². The molecule has 2 aliphatic rings. The van der Waals surface area contributed by atoms with Gasteiger partial charge >= 0.3 is 0 Å². The van der Waals surface area contributed by atoms with Gasteiger partial charge < -0.3 is 19.3 Å². The fourth-order valence-corrected chi connectivity index (χ4v) is 4.84. The van der Waals surface area contributed by atoms with Crippen LogP contribution in [0.3, 0.4) is 0 Å². The molecule has 0 radical (unpaired) electrons. The predicted molar refractivity (Wildman–Crippen MR) is 101 cm³/mol. The molecule has 0 atom stereocenters. The van der Waals surface area contributed by atoms with Crippen LogP contribution in [0.1, 0.15) is 17.3 Å². The number of sulfonamides is 1. The van der Waals surface area contributed by atoms with Crippen molar-refractivity contribution in [3.8, 4) is 5.75 Å². The molecule has 0 unspecified atom stereocenters. The number of ether oxygens (including phenoxy) is 2. The van der Waals surface area contributed by atoms with Crippen LogP contribution in [-0.2, 0) is 14.8 Å². The molecule has 8 nitrogen and oxygen atoms in total. The van der Waals surface area contributed by atoms with Gasteiger partial charge in [-0.2, -0.15) is 4.31 Å². The topological polar surface area (TPSA) is 79.4 Å². The number of benzene rings is 1. The minimum atomic E-state index is -3.65. The van der Waals surface area contributed by atoms with Crippen molar-refractivity contribution in [2.24, 2.45) is 0 Å². The molecule has 27 heavy (non-hydrogen) atoms. The monoisotopic (exact) mass is 397 g/mol. The van der Waals surface area contributed by atoms with Crippen molar-refractivity contribution in [2.75, 3.05) is 66.1 Å². The molecule has 3 rings (SSSR count). The summed E-state index contributed by atoms with van der Waals surface area (Å²) in [6, 6.07) is 4.51. The number of carbonyl (C=O) groups is 1. The summed E-state index contributed by atoms with van der Waals surface area (Å²) in [7, 11) is -2.17. The minimum Gasteiger partial charge on any atom is -0.496 e. The molecule has 0 aliphatic carbocycles. The Hall–Kier alpha value is -1.68. The number of amides is 1. The smallest absolute Gasteiger partial charge is 0.257 e. The van der Waals surface area contributed by atoms with Crippen molar-refractivity contribution in [1.82, 2.24) is 14.1 Å². The van der Waals surface area contributed by atoms with Gasteiger partial charge in [-0.1, -0.05) is 6.92 Å². The van der Waals surface area contributed by atoms with E-state index < -0.39 is 10.0 Å². The molecule has 0 aromatic heterocycles. The standard InChI is InChI=1S/C18H27N3O5S/c1-3-19-6-8-21(9-7-19)27(23,24)15-4-5-17(25-2)16(14-15)18(22)20-10-12-26-13-11-20/h4-5,14H,3,6-13H2,1-2H3. The lowest BCUT2D eigenvalue weighted by molar-refractivity contribution is 0.0300. The van der Waals surface area contributed by atoms with Crippen LogP contribution in [0, 0.1) is 0 Å². The second-order valence-electron chi connectivity index (χ2n) is 6.61. The van der Waals surface area contributed by atoms with E-state index in [2.05, 4.69) is 11.8 Å². The molecule has 9 heteroatoms. The third-order valence-electron chi connectivity index (χ3n) is 5.12. The highest BCUT2D eigenvalue weighted by atomic mass is 32.2. The molecule has 0 spiro atoms. The van der Waals surface area contributed by atoms with Gasteiger partial charge in [-0.25, -0.2) is 8.42 Å². The quantitative estimate of drug-likeness (QED) is 0.720. The van der Waals surface area contributed by atoms with E-state index in [0.717, 1.165) is 6.54 Å². The SMILES string of the molecule is CCN1CCN(S(=O)(=O)c2ccc(OC)c(C(=O)N3CCOCC3)c2)CC1. The lowest BCUT2D eigenvalue weighted by Crippen LogP contribution is -2.48. The van der Waals surface area contributed by atoms with E-state index in [1.807, 2.05) is 0 Å². The van der Waals surface area contributed by atoms with E-state index in [-0.39, 0.29) is 16.4 Å². The highest BCUT2D eigenvalue weighted by Gasteiger charge is 2.30. The molecule has 1 aromatic carbocycles.